The fourth-order valence-electron chi connectivity index (χ4n) is 1.58. The van der Waals surface area contributed by atoms with Crippen molar-refractivity contribution in [1.82, 2.24) is 0 Å². The van der Waals surface area contributed by atoms with Crippen LogP contribution in [0.2, 0.25) is 0 Å². The van der Waals surface area contributed by atoms with Gasteiger partial charge < -0.3 is 15.6 Å². The molecule has 4 heteroatoms. The lowest BCUT2D eigenvalue weighted by Crippen LogP contribution is -2.00. The van der Waals surface area contributed by atoms with Gasteiger partial charge in [-0.25, -0.2) is 4.39 Å². The lowest BCUT2D eigenvalue weighted by Gasteiger charge is -2.08. The Morgan fingerprint density at radius 3 is 2.72 bits per heavy atom. The van der Waals surface area contributed by atoms with E-state index in [1.54, 1.807) is 36.4 Å². The van der Waals surface area contributed by atoms with Crippen LogP contribution in [0.3, 0.4) is 0 Å². The topological polar surface area (TPSA) is 55.5 Å². The van der Waals surface area contributed by atoms with Crippen LogP contribution in [-0.2, 0) is 13.2 Å². The van der Waals surface area contributed by atoms with Crippen molar-refractivity contribution in [1.29, 1.82) is 0 Å². The molecular formula is C14H14FNO2. The third-order valence-electron chi connectivity index (χ3n) is 2.55. The Labute approximate surface area is 105 Å². The molecule has 0 radical (unpaired) electrons. The minimum atomic E-state index is -0.381. The Kier molecular flexibility index (Phi) is 3.79. The van der Waals surface area contributed by atoms with Gasteiger partial charge in [-0.3, -0.25) is 0 Å². The van der Waals surface area contributed by atoms with Gasteiger partial charge in [0.1, 0.15) is 18.2 Å². The fourth-order valence-corrected chi connectivity index (χ4v) is 1.58. The molecule has 0 aliphatic rings. The normalized spacial score (nSPS) is 10.3. The van der Waals surface area contributed by atoms with Crippen molar-refractivity contribution in [2.24, 2.45) is 0 Å². The maximum Gasteiger partial charge on any atom is 0.131 e. The zero-order valence-electron chi connectivity index (χ0n) is 9.77. The van der Waals surface area contributed by atoms with Crippen molar-refractivity contribution in [2.45, 2.75) is 13.2 Å². The number of aliphatic hydroxyl groups excluding tert-OH is 1. The number of hydrogen-bond donors (Lipinski definition) is 2. The van der Waals surface area contributed by atoms with Crippen molar-refractivity contribution >= 4 is 5.69 Å². The Bertz CT molecular complexity index is 543. The monoisotopic (exact) mass is 247 g/mol. The highest BCUT2D eigenvalue weighted by Gasteiger charge is 2.04. The van der Waals surface area contributed by atoms with Crippen LogP contribution in [0, 0.1) is 5.82 Å². The molecule has 0 heterocycles. The number of halogens is 1. The smallest absolute Gasteiger partial charge is 0.131 e. The number of hydrogen-bond acceptors (Lipinski definition) is 3. The SMILES string of the molecule is Nc1ccc(COc2cccc(CO)c2)c(F)c1. The summed E-state index contributed by atoms with van der Waals surface area (Å²) < 4.78 is 19.0. The van der Waals surface area contributed by atoms with Gasteiger partial charge in [-0.2, -0.15) is 0 Å². The maximum absolute atomic E-state index is 13.5. The molecule has 94 valence electrons. The number of nitrogens with two attached hydrogens (primary N) is 1. The largest absolute Gasteiger partial charge is 0.489 e. The first-order chi connectivity index (χ1) is 8.69. The van der Waals surface area contributed by atoms with E-state index in [4.69, 9.17) is 15.6 Å². The number of benzene rings is 2. The Hall–Kier alpha value is -2.07. The number of rotatable bonds is 4. The van der Waals surface area contributed by atoms with Crippen molar-refractivity contribution < 1.29 is 14.2 Å². The first kappa shape index (κ1) is 12.4. The summed E-state index contributed by atoms with van der Waals surface area (Å²) in [6.45, 7) is 0.0778. The molecule has 0 bridgehead atoms. The molecule has 0 amide bonds. The summed E-state index contributed by atoms with van der Waals surface area (Å²) in [5, 5.41) is 8.99. The van der Waals surface area contributed by atoms with Gasteiger partial charge in [0.05, 0.1) is 6.61 Å². The lowest BCUT2D eigenvalue weighted by molar-refractivity contribution is 0.277. The molecular weight excluding hydrogens is 233 g/mol. The zero-order chi connectivity index (χ0) is 13.0. The van der Waals surface area contributed by atoms with E-state index in [1.807, 2.05) is 0 Å². The van der Waals surface area contributed by atoms with Crippen LogP contribution >= 0.6 is 0 Å². The summed E-state index contributed by atoms with van der Waals surface area (Å²) >= 11 is 0. The molecule has 0 aromatic heterocycles. The molecule has 2 rings (SSSR count). The van der Waals surface area contributed by atoms with Crippen LogP contribution in [0.5, 0.6) is 5.75 Å². The summed E-state index contributed by atoms with van der Waals surface area (Å²) in [7, 11) is 0. The van der Waals surface area contributed by atoms with Crippen LogP contribution in [0.15, 0.2) is 42.5 Å². The molecule has 2 aromatic rings. The average molecular weight is 247 g/mol. The van der Waals surface area contributed by atoms with E-state index in [-0.39, 0.29) is 19.0 Å². The summed E-state index contributed by atoms with van der Waals surface area (Å²) in [6.07, 6.45) is 0. The lowest BCUT2D eigenvalue weighted by atomic mass is 10.2. The number of ether oxygens (including phenoxy) is 1. The molecule has 0 saturated heterocycles. The van der Waals surface area contributed by atoms with E-state index in [1.165, 1.54) is 6.07 Å². The summed E-state index contributed by atoms with van der Waals surface area (Å²) in [4.78, 5) is 0. The van der Waals surface area contributed by atoms with Crippen LogP contribution < -0.4 is 10.5 Å². The minimum absolute atomic E-state index is 0.0482. The van der Waals surface area contributed by atoms with Crippen molar-refractivity contribution in [3.8, 4) is 5.75 Å². The van der Waals surface area contributed by atoms with Crippen LogP contribution in [0.25, 0.3) is 0 Å². The molecule has 0 spiro atoms. The van der Waals surface area contributed by atoms with Gasteiger partial charge in [0.15, 0.2) is 0 Å². The van der Waals surface area contributed by atoms with Gasteiger partial charge in [-0.05, 0) is 29.8 Å². The predicted molar refractivity (Wildman–Crippen MR) is 67.5 cm³/mol. The quantitative estimate of drug-likeness (QED) is 0.816. The first-order valence-corrected chi connectivity index (χ1v) is 5.55. The maximum atomic E-state index is 13.5. The third-order valence-corrected chi connectivity index (χ3v) is 2.55. The molecule has 2 aromatic carbocycles. The van der Waals surface area contributed by atoms with Crippen molar-refractivity contribution in [3.05, 3.63) is 59.4 Å². The zero-order valence-corrected chi connectivity index (χ0v) is 9.77. The summed E-state index contributed by atoms with van der Waals surface area (Å²) in [5.41, 5.74) is 7.05. The van der Waals surface area contributed by atoms with E-state index in [9.17, 15) is 4.39 Å². The van der Waals surface area contributed by atoms with Gasteiger partial charge in [0.25, 0.3) is 0 Å². The van der Waals surface area contributed by atoms with Crippen LogP contribution in [-0.4, -0.2) is 5.11 Å². The molecule has 3 N–H and O–H groups in total. The van der Waals surface area contributed by atoms with E-state index in [2.05, 4.69) is 0 Å². The third kappa shape index (κ3) is 2.99. The van der Waals surface area contributed by atoms with E-state index in [0.29, 0.717) is 17.0 Å². The summed E-state index contributed by atoms with van der Waals surface area (Å²) in [6, 6.07) is 11.5. The highest BCUT2D eigenvalue weighted by atomic mass is 19.1. The highest BCUT2D eigenvalue weighted by molar-refractivity contribution is 5.40. The van der Waals surface area contributed by atoms with E-state index < -0.39 is 0 Å². The van der Waals surface area contributed by atoms with Gasteiger partial charge >= 0.3 is 0 Å². The van der Waals surface area contributed by atoms with Crippen molar-refractivity contribution in [3.63, 3.8) is 0 Å². The number of anilines is 1. The van der Waals surface area contributed by atoms with Crippen LogP contribution in [0.1, 0.15) is 11.1 Å². The standard InChI is InChI=1S/C14H14FNO2/c15-14-7-12(16)5-4-11(14)9-18-13-3-1-2-10(6-13)8-17/h1-7,17H,8-9,16H2. The molecule has 0 fully saturated rings. The Balaban J connectivity index is 2.06. The van der Waals surface area contributed by atoms with Gasteiger partial charge in [-0.1, -0.05) is 18.2 Å². The number of nitrogen functional groups attached to an aromatic ring is 1. The molecule has 18 heavy (non-hydrogen) atoms. The van der Waals surface area contributed by atoms with E-state index in [0.717, 1.165) is 5.56 Å². The first-order valence-electron chi connectivity index (χ1n) is 5.55. The van der Waals surface area contributed by atoms with Crippen molar-refractivity contribution in [2.75, 3.05) is 5.73 Å². The Morgan fingerprint density at radius 2 is 2.00 bits per heavy atom. The number of aliphatic hydroxyl groups is 1. The average Bonchev–Trinajstić information content (AvgIpc) is 2.38. The molecule has 0 atom stereocenters. The molecule has 0 aliphatic heterocycles. The molecule has 0 unspecified atom stereocenters. The van der Waals surface area contributed by atoms with Crippen LogP contribution in [0.4, 0.5) is 10.1 Å². The highest BCUT2D eigenvalue weighted by Crippen LogP contribution is 2.17. The van der Waals surface area contributed by atoms with Gasteiger partial charge in [0, 0.05) is 11.3 Å². The molecule has 3 nitrogen and oxygen atoms in total. The van der Waals surface area contributed by atoms with E-state index >= 15 is 0 Å². The van der Waals surface area contributed by atoms with Gasteiger partial charge in [0.2, 0.25) is 0 Å². The molecule has 0 saturated carbocycles. The molecule has 0 aliphatic carbocycles. The minimum Gasteiger partial charge on any atom is -0.489 e. The second-order valence-electron chi connectivity index (χ2n) is 3.95. The Morgan fingerprint density at radius 1 is 1.17 bits per heavy atom. The second-order valence-corrected chi connectivity index (χ2v) is 3.95. The predicted octanol–water partition coefficient (Wildman–Crippen LogP) is 2.48. The second kappa shape index (κ2) is 5.51. The summed E-state index contributed by atoms with van der Waals surface area (Å²) in [5.74, 6) is 0.214. The fraction of sp³-hybridized carbons (Fsp3) is 0.143. The van der Waals surface area contributed by atoms with Gasteiger partial charge in [-0.15, -0.1) is 0 Å².